The fourth-order valence-corrected chi connectivity index (χ4v) is 2.35. The number of nitrogens with zero attached hydrogens (tertiary/aromatic N) is 1. The first-order chi connectivity index (χ1) is 9.67. The Hall–Kier alpha value is -1.87. The molecule has 0 saturated carbocycles. The Labute approximate surface area is 121 Å². The molecule has 20 heavy (non-hydrogen) atoms. The van der Waals surface area contributed by atoms with E-state index in [-0.39, 0.29) is 6.04 Å². The second kappa shape index (κ2) is 6.53. The third-order valence-electron chi connectivity index (χ3n) is 3.58. The minimum absolute atomic E-state index is 0.1000. The molecule has 2 rings (SSSR count). The number of methoxy groups -OCH3 is 1. The van der Waals surface area contributed by atoms with Crippen molar-refractivity contribution in [3.63, 3.8) is 0 Å². The van der Waals surface area contributed by atoms with E-state index in [0.717, 1.165) is 12.1 Å². The molecule has 3 heteroatoms. The fraction of sp³-hybridized carbons (Fsp3) is 0.353. The Kier molecular flexibility index (Phi) is 4.74. The van der Waals surface area contributed by atoms with Crippen LogP contribution in [-0.4, -0.2) is 18.6 Å². The highest BCUT2D eigenvalue weighted by Gasteiger charge is 2.18. The van der Waals surface area contributed by atoms with Gasteiger partial charge in [0.2, 0.25) is 5.88 Å². The summed E-state index contributed by atoms with van der Waals surface area (Å²) in [5.74, 6) is 0.677. The van der Waals surface area contributed by atoms with Crippen LogP contribution in [0, 0.1) is 13.8 Å². The van der Waals surface area contributed by atoms with Crippen molar-refractivity contribution < 1.29 is 4.74 Å². The highest BCUT2D eigenvalue weighted by molar-refractivity contribution is 5.40. The molecule has 0 aliphatic rings. The monoisotopic (exact) mass is 270 g/mol. The number of aryl methyl sites for hydroxylation is 2. The highest BCUT2D eigenvalue weighted by atomic mass is 16.5. The molecule has 0 aliphatic heterocycles. The summed E-state index contributed by atoms with van der Waals surface area (Å²) in [5.41, 5.74) is 4.91. The van der Waals surface area contributed by atoms with E-state index in [9.17, 15) is 0 Å². The number of aromatic nitrogens is 1. The van der Waals surface area contributed by atoms with Gasteiger partial charge >= 0.3 is 0 Å². The number of rotatable bonds is 5. The number of pyridine rings is 1. The van der Waals surface area contributed by atoms with Crippen LogP contribution < -0.4 is 10.1 Å². The van der Waals surface area contributed by atoms with Gasteiger partial charge in [-0.05, 0) is 43.1 Å². The van der Waals surface area contributed by atoms with Crippen LogP contribution in [0.15, 0.2) is 36.5 Å². The van der Waals surface area contributed by atoms with Crippen molar-refractivity contribution in [1.82, 2.24) is 10.3 Å². The third kappa shape index (κ3) is 2.99. The molecule has 106 valence electrons. The van der Waals surface area contributed by atoms with Crippen LogP contribution >= 0.6 is 0 Å². The zero-order valence-electron chi connectivity index (χ0n) is 12.6. The van der Waals surface area contributed by atoms with Gasteiger partial charge in [-0.2, -0.15) is 0 Å². The molecule has 0 saturated heterocycles. The summed E-state index contributed by atoms with van der Waals surface area (Å²) >= 11 is 0. The minimum Gasteiger partial charge on any atom is -0.481 e. The highest BCUT2D eigenvalue weighted by Crippen LogP contribution is 2.29. The van der Waals surface area contributed by atoms with Crippen LogP contribution in [0.5, 0.6) is 5.88 Å². The molecule has 2 aromatic rings. The molecule has 0 radical (unpaired) electrons. The molecule has 1 atom stereocenters. The van der Waals surface area contributed by atoms with Gasteiger partial charge in [-0.15, -0.1) is 0 Å². The lowest BCUT2D eigenvalue weighted by molar-refractivity contribution is 0.387. The summed E-state index contributed by atoms with van der Waals surface area (Å²) in [6, 6.07) is 10.7. The van der Waals surface area contributed by atoms with Crippen molar-refractivity contribution in [3.05, 3.63) is 58.8 Å². The number of hydrogen-bond donors (Lipinski definition) is 1. The number of benzene rings is 1. The maximum atomic E-state index is 5.40. The predicted molar refractivity (Wildman–Crippen MR) is 82.2 cm³/mol. The first-order valence-corrected chi connectivity index (χ1v) is 6.96. The Morgan fingerprint density at radius 1 is 1.20 bits per heavy atom. The van der Waals surface area contributed by atoms with Crippen LogP contribution in [0.4, 0.5) is 0 Å². The van der Waals surface area contributed by atoms with E-state index in [1.807, 2.05) is 6.07 Å². The maximum Gasteiger partial charge on any atom is 0.218 e. The van der Waals surface area contributed by atoms with E-state index in [1.54, 1.807) is 13.3 Å². The summed E-state index contributed by atoms with van der Waals surface area (Å²) in [7, 11) is 1.66. The van der Waals surface area contributed by atoms with E-state index in [2.05, 4.69) is 55.3 Å². The molecule has 1 heterocycles. The van der Waals surface area contributed by atoms with Gasteiger partial charge in [0.05, 0.1) is 13.2 Å². The van der Waals surface area contributed by atoms with Crippen LogP contribution in [0.25, 0.3) is 0 Å². The molecule has 0 bridgehead atoms. The molecule has 1 unspecified atom stereocenters. The smallest absolute Gasteiger partial charge is 0.218 e. The molecule has 0 aliphatic carbocycles. The maximum absolute atomic E-state index is 5.40. The van der Waals surface area contributed by atoms with Crippen molar-refractivity contribution in [3.8, 4) is 5.88 Å². The lowest BCUT2D eigenvalue weighted by Gasteiger charge is -2.21. The normalized spacial score (nSPS) is 12.2. The SMILES string of the molecule is CCNC(c1ccc(C)c(C)c1)c1cccnc1OC. The molecule has 3 nitrogen and oxygen atoms in total. The Balaban J connectivity index is 2.47. The van der Waals surface area contributed by atoms with Crippen LogP contribution in [0.3, 0.4) is 0 Å². The summed E-state index contributed by atoms with van der Waals surface area (Å²) < 4.78 is 5.40. The van der Waals surface area contributed by atoms with Gasteiger partial charge < -0.3 is 10.1 Å². The standard InChI is InChI=1S/C17H22N2O/c1-5-18-16(14-9-8-12(2)13(3)11-14)15-7-6-10-19-17(15)20-4/h6-11,16,18H,5H2,1-4H3. The van der Waals surface area contributed by atoms with Gasteiger partial charge in [0.1, 0.15) is 0 Å². The molecule has 1 aromatic carbocycles. The van der Waals surface area contributed by atoms with Crippen molar-refractivity contribution in [2.75, 3.05) is 13.7 Å². The van der Waals surface area contributed by atoms with Gasteiger partial charge in [-0.3, -0.25) is 0 Å². The van der Waals surface area contributed by atoms with Gasteiger partial charge in [0.25, 0.3) is 0 Å². The number of nitrogens with one attached hydrogen (secondary N) is 1. The second-order valence-corrected chi connectivity index (χ2v) is 4.94. The molecular weight excluding hydrogens is 248 g/mol. The molecular formula is C17H22N2O. The van der Waals surface area contributed by atoms with E-state index in [0.29, 0.717) is 5.88 Å². The van der Waals surface area contributed by atoms with Crippen molar-refractivity contribution >= 4 is 0 Å². The average Bonchev–Trinajstić information content (AvgIpc) is 2.48. The minimum atomic E-state index is 0.1000. The molecule has 0 spiro atoms. The zero-order valence-corrected chi connectivity index (χ0v) is 12.6. The predicted octanol–water partition coefficient (Wildman–Crippen LogP) is 3.41. The quantitative estimate of drug-likeness (QED) is 0.904. The topological polar surface area (TPSA) is 34.2 Å². The molecule has 1 aromatic heterocycles. The Bertz CT molecular complexity index is 581. The Morgan fingerprint density at radius 3 is 2.65 bits per heavy atom. The van der Waals surface area contributed by atoms with Crippen LogP contribution in [-0.2, 0) is 0 Å². The van der Waals surface area contributed by atoms with E-state index in [4.69, 9.17) is 4.74 Å². The number of hydrogen-bond acceptors (Lipinski definition) is 3. The van der Waals surface area contributed by atoms with Crippen molar-refractivity contribution in [2.45, 2.75) is 26.8 Å². The summed E-state index contributed by atoms with van der Waals surface area (Å²) in [4.78, 5) is 4.30. The van der Waals surface area contributed by atoms with Gasteiger partial charge in [-0.25, -0.2) is 4.98 Å². The average molecular weight is 270 g/mol. The molecule has 0 amide bonds. The lowest BCUT2D eigenvalue weighted by atomic mass is 9.96. The van der Waals surface area contributed by atoms with Crippen molar-refractivity contribution in [1.29, 1.82) is 0 Å². The summed E-state index contributed by atoms with van der Waals surface area (Å²) in [6.07, 6.45) is 1.76. The van der Waals surface area contributed by atoms with Gasteiger partial charge in [-0.1, -0.05) is 31.2 Å². The van der Waals surface area contributed by atoms with Crippen molar-refractivity contribution in [2.24, 2.45) is 0 Å². The van der Waals surface area contributed by atoms with E-state index in [1.165, 1.54) is 16.7 Å². The molecule has 1 N–H and O–H groups in total. The fourth-order valence-electron chi connectivity index (χ4n) is 2.35. The summed E-state index contributed by atoms with van der Waals surface area (Å²) in [5, 5.41) is 3.52. The zero-order chi connectivity index (χ0) is 14.5. The third-order valence-corrected chi connectivity index (χ3v) is 3.58. The summed E-state index contributed by atoms with van der Waals surface area (Å²) in [6.45, 7) is 7.26. The van der Waals surface area contributed by atoms with Gasteiger partial charge in [0.15, 0.2) is 0 Å². The first-order valence-electron chi connectivity index (χ1n) is 6.96. The van der Waals surface area contributed by atoms with E-state index < -0.39 is 0 Å². The Morgan fingerprint density at radius 2 is 2.00 bits per heavy atom. The van der Waals surface area contributed by atoms with Crippen LogP contribution in [0.1, 0.15) is 35.2 Å². The van der Waals surface area contributed by atoms with E-state index >= 15 is 0 Å². The largest absolute Gasteiger partial charge is 0.481 e. The lowest BCUT2D eigenvalue weighted by Crippen LogP contribution is -2.23. The number of ether oxygens (including phenoxy) is 1. The molecule has 0 fully saturated rings. The van der Waals surface area contributed by atoms with Gasteiger partial charge in [0, 0.05) is 11.8 Å². The first kappa shape index (κ1) is 14.5. The second-order valence-electron chi connectivity index (χ2n) is 4.94. The van der Waals surface area contributed by atoms with Crippen LogP contribution in [0.2, 0.25) is 0 Å².